The molecule has 1 aromatic heterocycles. The molecule has 1 N–H and O–H groups in total. The molecule has 2 nitrogen and oxygen atoms in total. The Balaban J connectivity index is 2.37. The third-order valence-electron chi connectivity index (χ3n) is 3.56. The smallest absolute Gasteiger partial charge is 0.134 e. The Morgan fingerprint density at radius 1 is 1.45 bits per heavy atom. The second-order valence-corrected chi connectivity index (χ2v) is 5.34. The van der Waals surface area contributed by atoms with Crippen LogP contribution in [-0.4, -0.2) is 6.54 Å². The Morgan fingerprint density at radius 3 is 2.85 bits per heavy atom. The summed E-state index contributed by atoms with van der Waals surface area (Å²) in [5.41, 5.74) is 2.93. The summed E-state index contributed by atoms with van der Waals surface area (Å²) >= 11 is 0. The van der Waals surface area contributed by atoms with Gasteiger partial charge in [-0.3, -0.25) is 0 Å². The van der Waals surface area contributed by atoms with E-state index in [1.165, 1.54) is 6.07 Å². The predicted molar refractivity (Wildman–Crippen MR) is 81.4 cm³/mol. The minimum Gasteiger partial charge on any atom is -0.459 e. The fourth-order valence-corrected chi connectivity index (χ4v) is 2.51. The highest BCUT2D eigenvalue weighted by atomic mass is 19.1. The maximum atomic E-state index is 13.4. The van der Waals surface area contributed by atoms with Gasteiger partial charge in [-0.25, -0.2) is 4.39 Å². The first kappa shape index (κ1) is 14.8. The highest BCUT2D eigenvalue weighted by Crippen LogP contribution is 2.32. The largest absolute Gasteiger partial charge is 0.459 e. The lowest BCUT2D eigenvalue weighted by Gasteiger charge is -2.16. The van der Waals surface area contributed by atoms with Crippen molar-refractivity contribution >= 4 is 11.0 Å². The first-order valence-corrected chi connectivity index (χ1v) is 7.09. The van der Waals surface area contributed by atoms with Crippen LogP contribution in [0.4, 0.5) is 4.39 Å². The van der Waals surface area contributed by atoms with Crippen LogP contribution in [-0.2, 0) is 0 Å². The zero-order valence-electron chi connectivity index (χ0n) is 12.4. The number of hydrogen-bond acceptors (Lipinski definition) is 2. The molecule has 20 heavy (non-hydrogen) atoms. The summed E-state index contributed by atoms with van der Waals surface area (Å²) in [4.78, 5) is 0. The third-order valence-corrected chi connectivity index (χ3v) is 3.56. The predicted octanol–water partition coefficient (Wildman–Crippen LogP) is 4.89. The van der Waals surface area contributed by atoms with E-state index >= 15 is 0 Å². The van der Waals surface area contributed by atoms with Crippen LogP contribution < -0.4 is 5.32 Å². The molecule has 0 aliphatic rings. The summed E-state index contributed by atoms with van der Waals surface area (Å²) in [7, 11) is 0. The molecule has 1 aromatic carbocycles. The molecule has 3 heteroatoms. The summed E-state index contributed by atoms with van der Waals surface area (Å²) in [5, 5.41) is 4.30. The van der Waals surface area contributed by atoms with E-state index in [0.717, 1.165) is 47.3 Å². The van der Waals surface area contributed by atoms with Crippen molar-refractivity contribution in [2.45, 2.75) is 39.7 Å². The van der Waals surface area contributed by atoms with Crippen LogP contribution in [0.15, 0.2) is 34.8 Å². The van der Waals surface area contributed by atoms with Crippen LogP contribution in [0.2, 0.25) is 0 Å². The van der Waals surface area contributed by atoms with Crippen molar-refractivity contribution < 1.29 is 8.81 Å². The monoisotopic (exact) mass is 275 g/mol. The minimum absolute atomic E-state index is 0.146. The number of benzene rings is 1. The van der Waals surface area contributed by atoms with Crippen LogP contribution in [0.25, 0.3) is 11.0 Å². The van der Waals surface area contributed by atoms with Crippen molar-refractivity contribution in [2.75, 3.05) is 6.54 Å². The first-order chi connectivity index (χ1) is 9.52. The fourth-order valence-electron chi connectivity index (χ4n) is 2.51. The molecule has 2 aromatic rings. The average Bonchev–Trinajstić information content (AvgIpc) is 2.72. The molecular formula is C17H22FNO. The van der Waals surface area contributed by atoms with E-state index in [-0.39, 0.29) is 11.9 Å². The quantitative estimate of drug-likeness (QED) is 0.759. The molecule has 0 saturated heterocycles. The van der Waals surface area contributed by atoms with E-state index in [1.54, 1.807) is 12.1 Å². The summed E-state index contributed by atoms with van der Waals surface area (Å²) < 4.78 is 19.3. The van der Waals surface area contributed by atoms with Gasteiger partial charge in [-0.05, 0) is 51.4 Å². The number of rotatable bonds is 6. The Kier molecular flexibility index (Phi) is 4.61. The van der Waals surface area contributed by atoms with Gasteiger partial charge in [-0.15, -0.1) is 6.58 Å². The Morgan fingerprint density at radius 2 is 2.20 bits per heavy atom. The SMILES string of the molecule is C=C(C)CCC(NCC)c1oc2ccc(F)cc2c1C. The molecule has 0 spiro atoms. The minimum atomic E-state index is -0.227. The van der Waals surface area contributed by atoms with Crippen LogP contribution in [0.5, 0.6) is 0 Å². The zero-order valence-corrected chi connectivity index (χ0v) is 12.4. The van der Waals surface area contributed by atoms with E-state index in [2.05, 4.69) is 18.8 Å². The van der Waals surface area contributed by atoms with Gasteiger partial charge < -0.3 is 9.73 Å². The van der Waals surface area contributed by atoms with Gasteiger partial charge in [0.05, 0.1) is 6.04 Å². The molecule has 1 unspecified atom stereocenters. The molecule has 1 atom stereocenters. The van der Waals surface area contributed by atoms with E-state index < -0.39 is 0 Å². The van der Waals surface area contributed by atoms with E-state index in [1.807, 2.05) is 13.8 Å². The maximum Gasteiger partial charge on any atom is 0.134 e. The molecule has 1 heterocycles. The second-order valence-electron chi connectivity index (χ2n) is 5.34. The molecule has 0 fully saturated rings. The number of allylic oxidation sites excluding steroid dienone is 1. The fraction of sp³-hybridized carbons (Fsp3) is 0.412. The molecule has 2 rings (SSSR count). The number of halogens is 1. The number of nitrogens with one attached hydrogen (secondary N) is 1. The lowest BCUT2D eigenvalue weighted by Crippen LogP contribution is -2.21. The number of furan rings is 1. The highest BCUT2D eigenvalue weighted by molar-refractivity contribution is 5.82. The molecule has 0 aliphatic heterocycles. The first-order valence-electron chi connectivity index (χ1n) is 7.09. The van der Waals surface area contributed by atoms with Crippen LogP contribution in [0, 0.1) is 12.7 Å². The van der Waals surface area contributed by atoms with Gasteiger partial charge >= 0.3 is 0 Å². The van der Waals surface area contributed by atoms with Crippen molar-refractivity contribution in [3.8, 4) is 0 Å². The standard InChI is InChI=1S/C17H22FNO/c1-5-19-15(8-6-11(2)3)17-12(4)14-10-13(18)7-9-16(14)20-17/h7,9-10,15,19H,2,5-6,8H2,1,3-4H3. The van der Waals surface area contributed by atoms with Crippen LogP contribution in [0.1, 0.15) is 44.1 Å². The van der Waals surface area contributed by atoms with E-state index in [9.17, 15) is 4.39 Å². The number of hydrogen-bond donors (Lipinski definition) is 1. The molecular weight excluding hydrogens is 253 g/mol. The Hall–Kier alpha value is -1.61. The van der Waals surface area contributed by atoms with Gasteiger partial charge in [-0.1, -0.05) is 12.5 Å². The highest BCUT2D eigenvalue weighted by Gasteiger charge is 2.19. The van der Waals surface area contributed by atoms with Gasteiger partial charge in [0.15, 0.2) is 0 Å². The van der Waals surface area contributed by atoms with Crippen LogP contribution in [0.3, 0.4) is 0 Å². The van der Waals surface area contributed by atoms with Crippen molar-refractivity contribution in [3.05, 3.63) is 47.5 Å². The van der Waals surface area contributed by atoms with Gasteiger partial charge in [-0.2, -0.15) is 0 Å². The molecule has 0 bridgehead atoms. The third kappa shape index (κ3) is 3.10. The molecule has 0 aliphatic carbocycles. The maximum absolute atomic E-state index is 13.4. The Bertz CT molecular complexity index is 615. The number of fused-ring (bicyclic) bond motifs is 1. The summed E-state index contributed by atoms with van der Waals surface area (Å²) in [6.45, 7) is 10.9. The summed E-state index contributed by atoms with van der Waals surface area (Å²) in [5.74, 6) is 0.684. The molecule has 0 saturated carbocycles. The zero-order chi connectivity index (χ0) is 14.7. The van der Waals surface area contributed by atoms with E-state index in [4.69, 9.17) is 4.42 Å². The van der Waals surface area contributed by atoms with Gasteiger partial charge in [0.2, 0.25) is 0 Å². The summed E-state index contributed by atoms with van der Waals surface area (Å²) in [6, 6.07) is 4.82. The molecule has 108 valence electrons. The van der Waals surface area contributed by atoms with Gasteiger partial charge in [0, 0.05) is 10.9 Å². The second kappa shape index (κ2) is 6.23. The van der Waals surface area contributed by atoms with Gasteiger partial charge in [0.25, 0.3) is 0 Å². The summed E-state index contributed by atoms with van der Waals surface area (Å²) in [6.07, 6.45) is 1.88. The molecule has 0 radical (unpaired) electrons. The van der Waals surface area contributed by atoms with E-state index in [0.29, 0.717) is 0 Å². The topological polar surface area (TPSA) is 25.2 Å². The van der Waals surface area contributed by atoms with Crippen LogP contribution >= 0.6 is 0 Å². The number of aryl methyl sites for hydroxylation is 1. The molecule has 0 amide bonds. The Labute approximate surface area is 119 Å². The van der Waals surface area contributed by atoms with Crippen molar-refractivity contribution in [2.24, 2.45) is 0 Å². The lowest BCUT2D eigenvalue weighted by molar-refractivity contribution is 0.414. The lowest BCUT2D eigenvalue weighted by atomic mass is 10.0. The van der Waals surface area contributed by atoms with Crippen molar-refractivity contribution in [1.29, 1.82) is 0 Å². The van der Waals surface area contributed by atoms with Crippen molar-refractivity contribution in [3.63, 3.8) is 0 Å². The normalized spacial score (nSPS) is 12.8. The van der Waals surface area contributed by atoms with Crippen molar-refractivity contribution in [1.82, 2.24) is 5.32 Å². The average molecular weight is 275 g/mol. The van der Waals surface area contributed by atoms with Gasteiger partial charge in [0.1, 0.15) is 17.2 Å².